The lowest BCUT2D eigenvalue weighted by molar-refractivity contribution is 0.479. The average Bonchev–Trinajstić information content (AvgIpc) is 3.28. The maximum absolute atomic E-state index is 5.39. The lowest BCUT2D eigenvalue weighted by Gasteiger charge is -2.07. The molecule has 0 saturated heterocycles. The minimum absolute atomic E-state index is 0.502. The molecule has 2 rings (SSSR count). The first kappa shape index (κ1) is 26.8. The molecule has 0 aliphatic carbocycles. The standard InChI is InChI=1S/2C10H16O.2C2H6/c1-7(2)9-5-11-6-10(9)8(3)4;1-7(2)9-5-6-11-10(9)8(3)4;2*1-2/h2*5-8H,1-4H3;2*1-2H3. The molecule has 26 heavy (non-hydrogen) atoms. The van der Waals surface area contributed by atoms with Crippen molar-refractivity contribution >= 4 is 0 Å². The van der Waals surface area contributed by atoms with Gasteiger partial charge in [-0.25, -0.2) is 0 Å². The van der Waals surface area contributed by atoms with Gasteiger partial charge in [-0.1, -0.05) is 83.1 Å². The first-order chi connectivity index (χ1) is 12.3. The van der Waals surface area contributed by atoms with E-state index in [4.69, 9.17) is 8.83 Å². The fraction of sp³-hybridized carbons (Fsp3) is 0.667. The largest absolute Gasteiger partial charge is 0.472 e. The van der Waals surface area contributed by atoms with Gasteiger partial charge in [0.25, 0.3) is 0 Å². The summed E-state index contributed by atoms with van der Waals surface area (Å²) in [5.41, 5.74) is 4.04. The summed E-state index contributed by atoms with van der Waals surface area (Å²) in [6.45, 7) is 25.5. The molecule has 0 fully saturated rings. The third-order valence-electron chi connectivity index (χ3n) is 3.84. The van der Waals surface area contributed by atoms with Crippen LogP contribution in [-0.2, 0) is 0 Å². The number of hydrogen-bond acceptors (Lipinski definition) is 2. The summed E-state index contributed by atoms with van der Waals surface area (Å²) in [4.78, 5) is 0. The van der Waals surface area contributed by atoms with E-state index in [9.17, 15) is 0 Å². The van der Waals surface area contributed by atoms with Crippen molar-refractivity contribution < 1.29 is 8.83 Å². The minimum atomic E-state index is 0.502. The molecular formula is C24H44O2. The molecule has 0 aromatic carbocycles. The summed E-state index contributed by atoms with van der Waals surface area (Å²) in [5.74, 6) is 3.37. The molecule has 0 aliphatic rings. The Hall–Kier alpha value is -1.44. The topological polar surface area (TPSA) is 26.3 Å². The first-order valence-corrected chi connectivity index (χ1v) is 10.4. The number of rotatable bonds is 4. The van der Waals surface area contributed by atoms with Crippen LogP contribution in [0.25, 0.3) is 0 Å². The highest BCUT2D eigenvalue weighted by atomic mass is 16.3. The van der Waals surface area contributed by atoms with Crippen LogP contribution >= 0.6 is 0 Å². The van der Waals surface area contributed by atoms with Crippen LogP contribution in [0.2, 0.25) is 0 Å². The van der Waals surface area contributed by atoms with E-state index in [1.165, 1.54) is 16.7 Å². The van der Waals surface area contributed by atoms with E-state index in [1.807, 2.05) is 40.2 Å². The summed E-state index contributed by atoms with van der Waals surface area (Å²) in [7, 11) is 0. The predicted molar refractivity (Wildman–Crippen MR) is 116 cm³/mol. The van der Waals surface area contributed by atoms with Gasteiger partial charge in [0.05, 0.1) is 18.8 Å². The molecule has 152 valence electrons. The van der Waals surface area contributed by atoms with Gasteiger partial charge in [0.2, 0.25) is 0 Å². The summed E-state index contributed by atoms with van der Waals surface area (Å²) >= 11 is 0. The normalized spacial score (nSPS) is 10.2. The van der Waals surface area contributed by atoms with Crippen LogP contribution in [0.1, 0.15) is 129 Å². The second-order valence-corrected chi connectivity index (χ2v) is 7.14. The van der Waals surface area contributed by atoms with Crippen LogP contribution in [0.5, 0.6) is 0 Å². The van der Waals surface area contributed by atoms with E-state index in [0.717, 1.165) is 5.76 Å². The zero-order valence-corrected chi connectivity index (χ0v) is 19.4. The van der Waals surface area contributed by atoms with Crippen molar-refractivity contribution in [2.24, 2.45) is 0 Å². The van der Waals surface area contributed by atoms with Crippen LogP contribution in [0.15, 0.2) is 33.7 Å². The fourth-order valence-electron chi connectivity index (χ4n) is 2.53. The van der Waals surface area contributed by atoms with Crippen molar-refractivity contribution in [1.82, 2.24) is 0 Å². The van der Waals surface area contributed by atoms with Crippen LogP contribution in [0, 0.1) is 0 Å². The van der Waals surface area contributed by atoms with E-state index < -0.39 is 0 Å². The summed E-state index contributed by atoms with van der Waals surface area (Å²) in [6.07, 6.45) is 5.50. The molecule has 0 unspecified atom stereocenters. The molecule has 0 atom stereocenters. The summed E-state index contributed by atoms with van der Waals surface area (Å²) in [6, 6.07) is 2.07. The predicted octanol–water partition coefficient (Wildman–Crippen LogP) is 9.11. The van der Waals surface area contributed by atoms with E-state index in [2.05, 4.69) is 61.5 Å². The Morgan fingerprint density at radius 3 is 1.23 bits per heavy atom. The average molecular weight is 365 g/mol. The molecule has 2 nitrogen and oxygen atoms in total. The summed E-state index contributed by atoms with van der Waals surface area (Å²) in [5, 5.41) is 0. The maximum Gasteiger partial charge on any atom is 0.109 e. The maximum atomic E-state index is 5.39. The Bertz CT molecular complexity index is 447. The van der Waals surface area contributed by atoms with Crippen molar-refractivity contribution in [1.29, 1.82) is 0 Å². The van der Waals surface area contributed by atoms with Crippen LogP contribution in [0.4, 0.5) is 0 Å². The molecular weight excluding hydrogens is 320 g/mol. The molecule has 0 N–H and O–H groups in total. The van der Waals surface area contributed by atoms with Gasteiger partial charge in [-0.2, -0.15) is 0 Å². The Morgan fingerprint density at radius 2 is 0.962 bits per heavy atom. The second kappa shape index (κ2) is 14.7. The smallest absolute Gasteiger partial charge is 0.109 e. The molecule has 2 heterocycles. The first-order valence-electron chi connectivity index (χ1n) is 10.4. The molecule has 0 saturated carbocycles. The fourth-order valence-corrected chi connectivity index (χ4v) is 2.53. The van der Waals surface area contributed by atoms with Gasteiger partial charge in [0, 0.05) is 5.92 Å². The second-order valence-electron chi connectivity index (χ2n) is 7.14. The van der Waals surface area contributed by atoms with Crippen LogP contribution in [-0.4, -0.2) is 0 Å². The number of furan rings is 2. The monoisotopic (exact) mass is 364 g/mol. The van der Waals surface area contributed by atoms with E-state index in [0.29, 0.717) is 23.7 Å². The van der Waals surface area contributed by atoms with Crippen LogP contribution in [0.3, 0.4) is 0 Å². The molecule has 0 radical (unpaired) electrons. The Kier molecular flexibility index (Phi) is 15.1. The highest BCUT2D eigenvalue weighted by Gasteiger charge is 2.12. The van der Waals surface area contributed by atoms with E-state index >= 15 is 0 Å². The third kappa shape index (κ3) is 8.78. The Labute approximate surface area is 163 Å². The van der Waals surface area contributed by atoms with Crippen molar-refractivity contribution in [3.8, 4) is 0 Å². The molecule has 0 bridgehead atoms. The molecule has 0 spiro atoms. The molecule has 2 heteroatoms. The van der Waals surface area contributed by atoms with Crippen molar-refractivity contribution in [2.45, 2.75) is 107 Å². The van der Waals surface area contributed by atoms with E-state index in [-0.39, 0.29) is 0 Å². The van der Waals surface area contributed by atoms with Gasteiger partial charge in [-0.05, 0) is 40.5 Å². The molecule has 0 amide bonds. The van der Waals surface area contributed by atoms with Gasteiger partial charge in [-0.3, -0.25) is 0 Å². The molecule has 0 aliphatic heterocycles. The van der Waals surface area contributed by atoms with Crippen molar-refractivity contribution in [3.05, 3.63) is 47.3 Å². The van der Waals surface area contributed by atoms with Crippen molar-refractivity contribution in [3.63, 3.8) is 0 Å². The van der Waals surface area contributed by atoms with Crippen LogP contribution < -0.4 is 0 Å². The zero-order valence-electron chi connectivity index (χ0n) is 19.4. The Balaban J connectivity index is 0. The molecule has 2 aromatic heterocycles. The van der Waals surface area contributed by atoms with Crippen molar-refractivity contribution in [2.75, 3.05) is 0 Å². The van der Waals surface area contributed by atoms with Gasteiger partial charge in [0.15, 0.2) is 0 Å². The SMILES string of the molecule is CC.CC.CC(C)c1ccoc1C(C)C.CC(C)c1cocc1C(C)C. The Morgan fingerprint density at radius 1 is 0.577 bits per heavy atom. The lowest BCUT2D eigenvalue weighted by atomic mass is 9.95. The van der Waals surface area contributed by atoms with Gasteiger partial charge in [-0.15, -0.1) is 0 Å². The van der Waals surface area contributed by atoms with Gasteiger partial charge < -0.3 is 8.83 Å². The van der Waals surface area contributed by atoms with Gasteiger partial charge in [0.1, 0.15) is 5.76 Å². The quantitative estimate of drug-likeness (QED) is 0.540. The molecule has 2 aromatic rings. The zero-order chi connectivity index (χ0) is 20.9. The van der Waals surface area contributed by atoms with E-state index in [1.54, 1.807) is 6.26 Å². The minimum Gasteiger partial charge on any atom is -0.472 e. The van der Waals surface area contributed by atoms with Gasteiger partial charge >= 0.3 is 0 Å². The highest BCUT2D eigenvalue weighted by molar-refractivity contribution is 5.26. The summed E-state index contributed by atoms with van der Waals surface area (Å²) < 4.78 is 10.6. The highest BCUT2D eigenvalue weighted by Crippen LogP contribution is 2.27. The lowest BCUT2D eigenvalue weighted by Crippen LogP contribution is -1.93. The third-order valence-corrected chi connectivity index (χ3v) is 3.84. The number of hydrogen-bond donors (Lipinski definition) is 0.